The highest BCUT2D eigenvalue weighted by Gasteiger charge is 2.12. The minimum Gasteiger partial charge on any atom is -0.378 e. The fourth-order valence-electron chi connectivity index (χ4n) is 2.38. The van der Waals surface area contributed by atoms with Crippen LogP contribution in [0.3, 0.4) is 0 Å². The van der Waals surface area contributed by atoms with E-state index in [-0.39, 0.29) is 0 Å². The van der Waals surface area contributed by atoms with Crippen LogP contribution in [0.1, 0.15) is 44.6 Å². The summed E-state index contributed by atoms with van der Waals surface area (Å²) in [6, 6.07) is 0. The van der Waals surface area contributed by atoms with E-state index in [0.717, 1.165) is 39.1 Å². The van der Waals surface area contributed by atoms with Gasteiger partial charge in [0.25, 0.3) is 0 Å². The van der Waals surface area contributed by atoms with E-state index in [0.29, 0.717) is 6.10 Å². The fraction of sp³-hybridized carbons (Fsp3) is 0.786. The van der Waals surface area contributed by atoms with Gasteiger partial charge in [-0.1, -0.05) is 6.92 Å². The molecule has 4 nitrogen and oxygen atoms in total. The van der Waals surface area contributed by atoms with E-state index >= 15 is 0 Å². The molecule has 0 aromatic carbocycles. The van der Waals surface area contributed by atoms with Crippen LogP contribution < -0.4 is 5.32 Å². The summed E-state index contributed by atoms with van der Waals surface area (Å²) in [7, 11) is 0. The molecule has 1 fully saturated rings. The van der Waals surface area contributed by atoms with E-state index < -0.39 is 0 Å². The van der Waals surface area contributed by atoms with Gasteiger partial charge in [-0.05, 0) is 38.6 Å². The van der Waals surface area contributed by atoms with Crippen molar-refractivity contribution in [2.24, 2.45) is 0 Å². The van der Waals surface area contributed by atoms with Crippen molar-refractivity contribution >= 4 is 0 Å². The largest absolute Gasteiger partial charge is 0.378 e. The van der Waals surface area contributed by atoms with Crippen LogP contribution in [0, 0.1) is 0 Å². The second-order valence-corrected chi connectivity index (χ2v) is 5.07. The highest BCUT2D eigenvalue weighted by Crippen LogP contribution is 2.14. The molecule has 1 atom stereocenters. The van der Waals surface area contributed by atoms with Crippen molar-refractivity contribution in [3.63, 3.8) is 0 Å². The summed E-state index contributed by atoms with van der Waals surface area (Å²) >= 11 is 0. The van der Waals surface area contributed by atoms with E-state index in [1.807, 2.05) is 10.9 Å². The molecule has 0 saturated carbocycles. The first-order valence-corrected chi connectivity index (χ1v) is 7.22. The van der Waals surface area contributed by atoms with Crippen LogP contribution in [0.2, 0.25) is 0 Å². The van der Waals surface area contributed by atoms with Gasteiger partial charge in [0.05, 0.1) is 12.3 Å². The number of ether oxygens (including phenoxy) is 1. The lowest BCUT2D eigenvalue weighted by atomic mass is 10.1. The van der Waals surface area contributed by atoms with Crippen LogP contribution in [-0.4, -0.2) is 29.0 Å². The van der Waals surface area contributed by atoms with Gasteiger partial charge in [-0.25, -0.2) is 0 Å². The molecule has 1 aromatic heterocycles. The Hall–Kier alpha value is -0.870. The van der Waals surface area contributed by atoms with E-state index in [2.05, 4.69) is 23.5 Å². The highest BCUT2D eigenvalue weighted by atomic mass is 16.5. The third-order valence-electron chi connectivity index (χ3n) is 3.39. The SMILES string of the molecule is CCCn1cc(CNCCC2CCCCO2)cn1. The maximum atomic E-state index is 5.71. The van der Waals surface area contributed by atoms with Crippen molar-refractivity contribution in [1.82, 2.24) is 15.1 Å². The Kier molecular flexibility index (Phi) is 5.68. The van der Waals surface area contributed by atoms with Crippen molar-refractivity contribution in [3.8, 4) is 0 Å². The molecule has 0 bridgehead atoms. The number of nitrogens with one attached hydrogen (secondary N) is 1. The van der Waals surface area contributed by atoms with Gasteiger partial charge >= 0.3 is 0 Å². The second-order valence-electron chi connectivity index (χ2n) is 5.07. The fourth-order valence-corrected chi connectivity index (χ4v) is 2.38. The molecule has 4 heteroatoms. The zero-order valence-corrected chi connectivity index (χ0v) is 11.4. The number of hydrogen-bond acceptors (Lipinski definition) is 3. The predicted octanol–water partition coefficient (Wildman–Crippen LogP) is 2.34. The first-order chi connectivity index (χ1) is 8.88. The topological polar surface area (TPSA) is 39.1 Å². The Balaban J connectivity index is 1.59. The lowest BCUT2D eigenvalue weighted by molar-refractivity contribution is 0.0115. The van der Waals surface area contributed by atoms with Crippen molar-refractivity contribution in [3.05, 3.63) is 18.0 Å². The minimum atomic E-state index is 0.481. The second kappa shape index (κ2) is 7.54. The number of aryl methyl sites for hydroxylation is 1. The van der Waals surface area contributed by atoms with Gasteiger partial charge in [0, 0.05) is 31.5 Å². The maximum Gasteiger partial charge on any atom is 0.0587 e. The van der Waals surface area contributed by atoms with Crippen LogP contribution >= 0.6 is 0 Å². The van der Waals surface area contributed by atoms with E-state index in [1.165, 1.54) is 24.8 Å². The molecular weight excluding hydrogens is 226 g/mol. The normalized spacial score (nSPS) is 20.2. The van der Waals surface area contributed by atoms with Gasteiger partial charge in [0.15, 0.2) is 0 Å². The summed E-state index contributed by atoms with van der Waals surface area (Å²) in [4.78, 5) is 0. The number of hydrogen-bond donors (Lipinski definition) is 1. The molecule has 1 aliphatic rings. The van der Waals surface area contributed by atoms with Gasteiger partial charge in [-0.15, -0.1) is 0 Å². The smallest absolute Gasteiger partial charge is 0.0587 e. The Morgan fingerprint density at radius 3 is 3.22 bits per heavy atom. The van der Waals surface area contributed by atoms with Crippen molar-refractivity contribution in [1.29, 1.82) is 0 Å². The van der Waals surface area contributed by atoms with Gasteiger partial charge in [-0.2, -0.15) is 5.10 Å². The monoisotopic (exact) mass is 251 g/mol. The summed E-state index contributed by atoms with van der Waals surface area (Å²) in [5, 5.41) is 7.80. The molecule has 2 heterocycles. The lowest BCUT2D eigenvalue weighted by Crippen LogP contribution is -2.25. The summed E-state index contributed by atoms with van der Waals surface area (Å²) in [6.45, 7) is 6.08. The maximum absolute atomic E-state index is 5.71. The average molecular weight is 251 g/mol. The van der Waals surface area contributed by atoms with Crippen LogP contribution in [0.25, 0.3) is 0 Å². The molecule has 0 radical (unpaired) electrons. The standard InChI is InChI=1S/C14H25N3O/c1-2-8-17-12-13(11-16-17)10-15-7-6-14-5-3-4-9-18-14/h11-12,14-15H,2-10H2,1H3. The van der Waals surface area contributed by atoms with Crippen LogP contribution in [0.5, 0.6) is 0 Å². The Labute approximate surface area is 110 Å². The third-order valence-corrected chi connectivity index (χ3v) is 3.39. The van der Waals surface area contributed by atoms with Gasteiger partial charge < -0.3 is 10.1 Å². The molecule has 1 aliphatic heterocycles. The Morgan fingerprint density at radius 1 is 1.50 bits per heavy atom. The first-order valence-electron chi connectivity index (χ1n) is 7.22. The van der Waals surface area contributed by atoms with E-state index in [1.54, 1.807) is 0 Å². The van der Waals surface area contributed by atoms with Crippen LogP contribution in [0.4, 0.5) is 0 Å². The Bertz CT molecular complexity index is 332. The molecule has 18 heavy (non-hydrogen) atoms. The molecule has 0 spiro atoms. The molecule has 1 aromatic rings. The molecule has 102 valence electrons. The zero-order valence-electron chi connectivity index (χ0n) is 11.4. The van der Waals surface area contributed by atoms with E-state index in [4.69, 9.17) is 4.74 Å². The van der Waals surface area contributed by atoms with Crippen molar-refractivity contribution in [2.75, 3.05) is 13.2 Å². The van der Waals surface area contributed by atoms with Gasteiger partial charge in [0.2, 0.25) is 0 Å². The molecule has 1 N–H and O–H groups in total. The average Bonchev–Trinajstić information content (AvgIpc) is 2.84. The lowest BCUT2D eigenvalue weighted by Gasteiger charge is -2.22. The molecule has 1 unspecified atom stereocenters. The van der Waals surface area contributed by atoms with Crippen LogP contribution in [0.15, 0.2) is 12.4 Å². The number of aromatic nitrogens is 2. The van der Waals surface area contributed by atoms with Crippen molar-refractivity contribution in [2.45, 2.75) is 58.2 Å². The molecule has 0 aliphatic carbocycles. The van der Waals surface area contributed by atoms with Crippen LogP contribution in [-0.2, 0) is 17.8 Å². The zero-order chi connectivity index (χ0) is 12.6. The molecule has 2 rings (SSSR count). The summed E-state index contributed by atoms with van der Waals surface area (Å²) in [6.07, 6.45) is 10.6. The number of nitrogens with zero attached hydrogens (tertiary/aromatic N) is 2. The first kappa shape index (κ1) is 13.6. The Morgan fingerprint density at radius 2 is 2.44 bits per heavy atom. The predicted molar refractivity (Wildman–Crippen MR) is 72.4 cm³/mol. The summed E-state index contributed by atoms with van der Waals surface area (Å²) in [5.41, 5.74) is 1.27. The van der Waals surface area contributed by atoms with Gasteiger partial charge in [0.1, 0.15) is 0 Å². The highest BCUT2D eigenvalue weighted by molar-refractivity contribution is 5.03. The molecular formula is C14H25N3O. The summed E-state index contributed by atoms with van der Waals surface area (Å²) in [5.74, 6) is 0. The third kappa shape index (κ3) is 4.42. The summed E-state index contributed by atoms with van der Waals surface area (Å²) < 4.78 is 7.72. The van der Waals surface area contributed by atoms with Crippen molar-refractivity contribution < 1.29 is 4.74 Å². The van der Waals surface area contributed by atoms with E-state index in [9.17, 15) is 0 Å². The quantitative estimate of drug-likeness (QED) is 0.756. The van der Waals surface area contributed by atoms with Gasteiger partial charge in [-0.3, -0.25) is 4.68 Å². The number of rotatable bonds is 7. The molecule has 0 amide bonds. The minimum absolute atomic E-state index is 0.481. The molecule has 1 saturated heterocycles.